The van der Waals surface area contributed by atoms with Crippen molar-refractivity contribution in [1.29, 1.82) is 0 Å². The summed E-state index contributed by atoms with van der Waals surface area (Å²) in [5.74, 6) is -1.04. The van der Waals surface area contributed by atoms with Crippen LogP contribution in [0.4, 0.5) is 0 Å². The van der Waals surface area contributed by atoms with E-state index < -0.39 is 11.5 Å². The normalized spacial score (nSPS) is 20.1. The summed E-state index contributed by atoms with van der Waals surface area (Å²) in [7, 11) is 1.59. The topological polar surface area (TPSA) is 57.6 Å². The Morgan fingerprint density at radius 3 is 2.07 bits per heavy atom. The van der Waals surface area contributed by atoms with Gasteiger partial charge < -0.3 is 10.0 Å². The Bertz CT molecular complexity index is 244. The zero-order chi connectivity index (χ0) is 10.8. The maximum atomic E-state index is 11.2. The van der Waals surface area contributed by atoms with E-state index in [0.29, 0.717) is 12.8 Å². The minimum absolute atomic E-state index is 0.172. The molecule has 4 nitrogen and oxygen atoms in total. The van der Waals surface area contributed by atoms with Crippen LogP contribution in [0.3, 0.4) is 0 Å². The number of carboxylic acid groups (broad SMARTS) is 1. The van der Waals surface area contributed by atoms with E-state index in [1.807, 2.05) is 0 Å². The molecule has 1 N–H and O–H groups in total. The third kappa shape index (κ3) is 1.74. The first kappa shape index (κ1) is 11.0. The van der Waals surface area contributed by atoms with Crippen LogP contribution in [-0.4, -0.2) is 34.5 Å². The molecular formula is C10H17NO3. The average Bonchev–Trinajstić information content (AvgIpc) is 2.17. The summed E-state index contributed by atoms with van der Waals surface area (Å²) in [4.78, 5) is 23.8. The number of carbonyl (C=O) groups excluding carboxylic acids is 1. The summed E-state index contributed by atoms with van der Waals surface area (Å²) in [5.41, 5.74) is -0.940. The smallest absolute Gasteiger partial charge is 0.329 e. The van der Waals surface area contributed by atoms with Crippen LogP contribution in [0.2, 0.25) is 0 Å². The molecule has 0 bridgehead atoms. The van der Waals surface area contributed by atoms with Gasteiger partial charge in [-0.3, -0.25) is 4.79 Å². The van der Waals surface area contributed by atoms with Gasteiger partial charge in [-0.1, -0.05) is 19.3 Å². The quantitative estimate of drug-likeness (QED) is 0.728. The lowest BCUT2D eigenvalue weighted by atomic mass is 9.80. The SMILES string of the molecule is CC(=O)N(C)C1(C(=O)O)CCCCC1. The van der Waals surface area contributed by atoms with Crippen molar-refractivity contribution in [2.45, 2.75) is 44.6 Å². The highest BCUT2D eigenvalue weighted by Crippen LogP contribution is 2.33. The monoisotopic (exact) mass is 199 g/mol. The number of carbonyl (C=O) groups is 2. The van der Waals surface area contributed by atoms with Gasteiger partial charge in [-0.25, -0.2) is 4.79 Å². The molecule has 4 heteroatoms. The van der Waals surface area contributed by atoms with Gasteiger partial charge in [0.1, 0.15) is 5.54 Å². The first-order chi connectivity index (χ1) is 6.50. The van der Waals surface area contributed by atoms with Gasteiger partial charge in [0, 0.05) is 14.0 Å². The molecule has 0 unspecified atom stereocenters. The third-order valence-corrected chi connectivity index (χ3v) is 3.19. The fourth-order valence-electron chi connectivity index (χ4n) is 2.13. The van der Waals surface area contributed by atoms with Crippen LogP contribution in [0.15, 0.2) is 0 Å². The van der Waals surface area contributed by atoms with Crippen molar-refractivity contribution in [3.8, 4) is 0 Å². The van der Waals surface area contributed by atoms with Crippen molar-refractivity contribution in [2.75, 3.05) is 7.05 Å². The molecule has 0 aromatic rings. The lowest BCUT2D eigenvalue weighted by molar-refractivity contribution is -0.159. The second-order valence-corrected chi connectivity index (χ2v) is 3.98. The molecule has 1 saturated carbocycles. The summed E-state index contributed by atoms with van der Waals surface area (Å²) in [5, 5.41) is 9.21. The van der Waals surface area contributed by atoms with E-state index in [1.165, 1.54) is 11.8 Å². The predicted octanol–water partition coefficient (Wildman–Crippen LogP) is 1.25. The zero-order valence-electron chi connectivity index (χ0n) is 8.75. The second kappa shape index (κ2) is 3.98. The maximum Gasteiger partial charge on any atom is 0.329 e. The molecule has 1 amide bonds. The van der Waals surface area contributed by atoms with Crippen molar-refractivity contribution in [3.63, 3.8) is 0 Å². The van der Waals surface area contributed by atoms with Crippen LogP contribution in [0, 0.1) is 0 Å². The predicted molar refractivity (Wildman–Crippen MR) is 51.9 cm³/mol. The Morgan fingerprint density at radius 1 is 1.21 bits per heavy atom. The minimum Gasteiger partial charge on any atom is -0.479 e. The number of likely N-dealkylation sites (N-methyl/N-ethyl adjacent to an activating group) is 1. The third-order valence-electron chi connectivity index (χ3n) is 3.19. The Labute approximate surface area is 83.9 Å². The zero-order valence-corrected chi connectivity index (χ0v) is 8.75. The van der Waals surface area contributed by atoms with Gasteiger partial charge in [0.2, 0.25) is 5.91 Å². The number of hydrogen-bond acceptors (Lipinski definition) is 2. The van der Waals surface area contributed by atoms with Crippen LogP contribution in [0.25, 0.3) is 0 Å². The van der Waals surface area contributed by atoms with Crippen LogP contribution in [0.1, 0.15) is 39.0 Å². The Morgan fingerprint density at radius 2 is 1.71 bits per heavy atom. The summed E-state index contributed by atoms with van der Waals surface area (Å²) >= 11 is 0. The average molecular weight is 199 g/mol. The highest BCUT2D eigenvalue weighted by Gasteiger charge is 2.44. The van der Waals surface area contributed by atoms with E-state index in [2.05, 4.69) is 0 Å². The van der Waals surface area contributed by atoms with E-state index in [9.17, 15) is 14.7 Å². The molecular weight excluding hydrogens is 182 g/mol. The Balaban J connectivity index is 2.90. The Kier molecular flexibility index (Phi) is 3.13. The fraction of sp³-hybridized carbons (Fsp3) is 0.800. The van der Waals surface area contributed by atoms with E-state index in [0.717, 1.165) is 19.3 Å². The molecule has 0 spiro atoms. The van der Waals surface area contributed by atoms with E-state index >= 15 is 0 Å². The second-order valence-electron chi connectivity index (χ2n) is 3.98. The summed E-state index contributed by atoms with van der Waals surface area (Å²) in [6, 6.07) is 0. The largest absolute Gasteiger partial charge is 0.479 e. The summed E-state index contributed by atoms with van der Waals surface area (Å²) < 4.78 is 0. The number of amides is 1. The maximum absolute atomic E-state index is 11.2. The standard InChI is InChI=1S/C10H17NO3/c1-8(12)11(2)10(9(13)14)6-4-3-5-7-10/h3-7H2,1-2H3,(H,13,14). The van der Waals surface area contributed by atoms with Crippen molar-refractivity contribution >= 4 is 11.9 Å². The van der Waals surface area contributed by atoms with Crippen molar-refractivity contribution in [2.24, 2.45) is 0 Å². The fourth-order valence-corrected chi connectivity index (χ4v) is 2.13. The molecule has 1 aliphatic carbocycles. The van der Waals surface area contributed by atoms with Crippen molar-refractivity contribution in [1.82, 2.24) is 4.90 Å². The summed E-state index contributed by atoms with van der Waals surface area (Å²) in [6.45, 7) is 1.42. The molecule has 0 aliphatic heterocycles. The highest BCUT2D eigenvalue weighted by atomic mass is 16.4. The molecule has 80 valence electrons. The Hall–Kier alpha value is -1.06. The van der Waals surface area contributed by atoms with Crippen LogP contribution in [0.5, 0.6) is 0 Å². The summed E-state index contributed by atoms with van der Waals surface area (Å²) in [6.07, 6.45) is 4.02. The van der Waals surface area contributed by atoms with Gasteiger partial charge in [0.25, 0.3) is 0 Å². The molecule has 0 aromatic carbocycles. The van der Waals surface area contributed by atoms with Gasteiger partial charge in [-0.15, -0.1) is 0 Å². The number of hydrogen-bond donors (Lipinski definition) is 1. The molecule has 0 saturated heterocycles. The van der Waals surface area contributed by atoms with Gasteiger partial charge in [0.15, 0.2) is 0 Å². The van der Waals surface area contributed by atoms with Gasteiger partial charge in [-0.2, -0.15) is 0 Å². The molecule has 1 fully saturated rings. The molecule has 0 aromatic heterocycles. The van der Waals surface area contributed by atoms with E-state index in [1.54, 1.807) is 7.05 Å². The van der Waals surface area contributed by atoms with Gasteiger partial charge >= 0.3 is 5.97 Å². The number of carboxylic acids is 1. The van der Waals surface area contributed by atoms with Crippen LogP contribution >= 0.6 is 0 Å². The number of rotatable bonds is 2. The first-order valence-electron chi connectivity index (χ1n) is 4.98. The molecule has 1 rings (SSSR count). The van der Waals surface area contributed by atoms with Gasteiger partial charge in [0.05, 0.1) is 0 Å². The van der Waals surface area contributed by atoms with Crippen LogP contribution < -0.4 is 0 Å². The molecule has 0 heterocycles. The number of nitrogens with zero attached hydrogens (tertiary/aromatic N) is 1. The van der Waals surface area contributed by atoms with Crippen molar-refractivity contribution in [3.05, 3.63) is 0 Å². The van der Waals surface area contributed by atoms with Crippen molar-refractivity contribution < 1.29 is 14.7 Å². The lowest BCUT2D eigenvalue weighted by Gasteiger charge is -2.40. The lowest BCUT2D eigenvalue weighted by Crippen LogP contribution is -2.55. The molecule has 0 radical (unpaired) electrons. The highest BCUT2D eigenvalue weighted by molar-refractivity contribution is 5.86. The minimum atomic E-state index is -0.940. The molecule has 1 aliphatic rings. The van der Waals surface area contributed by atoms with Crippen LogP contribution in [-0.2, 0) is 9.59 Å². The molecule has 14 heavy (non-hydrogen) atoms. The number of aliphatic carboxylic acids is 1. The molecule has 0 atom stereocenters. The van der Waals surface area contributed by atoms with Gasteiger partial charge in [-0.05, 0) is 12.8 Å². The first-order valence-corrected chi connectivity index (χ1v) is 4.98. The van der Waals surface area contributed by atoms with E-state index in [-0.39, 0.29) is 5.91 Å². The van der Waals surface area contributed by atoms with E-state index in [4.69, 9.17) is 0 Å².